The Balaban J connectivity index is 1.65. The van der Waals surface area contributed by atoms with Crippen molar-refractivity contribution in [2.45, 2.75) is 25.8 Å². The highest BCUT2D eigenvalue weighted by atomic mass is 35.5. The van der Waals surface area contributed by atoms with Crippen LogP contribution in [0.4, 0.5) is 0 Å². The summed E-state index contributed by atoms with van der Waals surface area (Å²) in [6, 6.07) is 3.72. The van der Waals surface area contributed by atoms with Crippen LogP contribution < -0.4 is 5.32 Å². The van der Waals surface area contributed by atoms with Gasteiger partial charge in [-0.3, -0.25) is 4.79 Å². The molecule has 0 bridgehead atoms. The van der Waals surface area contributed by atoms with Gasteiger partial charge in [-0.15, -0.1) is 11.3 Å². The first kappa shape index (κ1) is 13.9. The molecule has 2 heterocycles. The molecule has 0 saturated carbocycles. The van der Waals surface area contributed by atoms with Crippen LogP contribution in [0.25, 0.3) is 0 Å². The molecule has 0 aliphatic heterocycles. The lowest BCUT2D eigenvalue weighted by atomic mass is 10.2. The van der Waals surface area contributed by atoms with Gasteiger partial charge in [-0.05, 0) is 37.0 Å². The number of carbonyl (C=O) groups excluding carboxylic acids is 1. The van der Waals surface area contributed by atoms with Gasteiger partial charge in [-0.25, -0.2) is 4.98 Å². The lowest BCUT2D eigenvalue weighted by Gasteiger charge is -2.04. The molecule has 2 aromatic rings. The minimum Gasteiger partial charge on any atom is -0.347 e. The van der Waals surface area contributed by atoms with Crippen molar-refractivity contribution in [2.75, 3.05) is 0 Å². The van der Waals surface area contributed by atoms with E-state index < -0.39 is 0 Å². The molecule has 20 heavy (non-hydrogen) atoms. The topological polar surface area (TPSA) is 42.0 Å². The quantitative estimate of drug-likeness (QED) is 0.870. The van der Waals surface area contributed by atoms with Gasteiger partial charge < -0.3 is 5.32 Å². The predicted molar refractivity (Wildman–Crippen MR) is 81.8 cm³/mol. The number of hydrogen-bond acceptors (Lipinski definition) is 3. The molecule has 3 rings (SSSR count). The number of aryl methyl sites for hydroxylation is 2. The normalized spacial score (nSPS) is 13.3. The second-order valence-electron chi connectivity index (χ2n) is 4.69. The van der Waals surface area contributed by atoms with Crippen LogP contribution in [-0.2, 0) is 19.4 Å². The van der Waals surface area contributed by atoms with Crippen molar-refractivity contribution in [2.24, 2.45) is 0 Å². The number of nitrogens with zero attached hydrogens (tertiary/aromatic N) is 1. The Bertz CT molecular complexity index is 648. The van der Waals surface area contributed by atoms with E-state index in [4.69, 9.17) is 23.2 Å². The molecule has 0 unspecified atom stereocenters. The second kappa shape index (κ2) is 5.72. The van der Waals surface area contributed by atoms with E-state index in [0.717, 1.165) is 6.42 Å². The summed E-state index contributed by atoms with van der Waals surface area (Å²) in [5, 5.41) is 3.37. The molecule has 0 saturated heterocycles. The summed E-state index contributed by atoms with van der Waals surface area (Å²) in [5.41, 5.74) is 1.86. The van der Waals surface area contributed by atoms with Gasteiger partial charge in [0, 0.05) is 16.0 Å². The van der Waals surface area contributed by atoms with E-state index in [1.54, 1.807) is 11.3 Å². The summed E-state index contributed by atoms with van der Waals surface area (Å²) in [6.45, 7) is 0.538. The van der Waals surface area contributed by atoms with Crippen molar-refractivity contribution >= 4 is 40.4 Å². The highest BCUT2D eigenvalue weighted by molar-refractivity contribution is 7.12. The second-order valence-corrected chi connectivity index (χ2v) is 6.68. The lowest BCUT2D eigenvalue weighted by Crippen LogP contribution is -2.22. The van der Waals surface area contributed by atoms with E-state index in [9.17, 15) is 4.79 Å². The van der Waals surface area contributed by atoms with Crippen LogP contribution in [0.3, 0.4) is 0 Å². The van der Waals surface area contributed by atoms with Crippen LogP contribution in [0.2, 0.25) is 10.2 Å². The van der Waals surface area contributed by atoms with E-state index in [-0.39, 0.29) is 16.1 Å². The molecular weight excluding hydrogens is 315 g/mol. The smallest absolute Gasteiger partial charge is 0.253 e. The largest absolute Gasteiger partial charge is 0.347 e. The van der Waals surface area contributed by atoms with Gasteiger partial charge in [0.25, 0.3) is 5.91 Å². The van der Waals surface area contributed by atoms with Crippen molar-refractivity contribution in [3.8, 4) is 0 Å². The number of pyridine rings is 1. The number of carbonyl (C=O) groups is 1. The number of rotatable bonds is 3. The van der Waals surface area contributed by atoms with Gasteiger partial charge in [0.05, 0.1) is 17.1 Å². The fraction of sp³-hybridized carbons (Fsp3) is 0.286. The van der Waals surface area contributed by atoms with Crippen molar-refractivity contribution in [1.29, 1.82) is 0 Å². The van der Waals surface area contributed by atoms with Crippen LogP contribution in [0.15, 0.2) is 18.3 Å². The average Bonchev–Trinajstić information content (AvgIpc) is 3.00. The van der Waals surface area contributed by atoms with Gasteiger partial charge in [0.15, 0.2) is 0 Å². The summed E-state index contributed by atoms with van der Waals surface area (Å²) < 4.78 is 0. The third-order valence-corrected chi connectivity index (χ3v) is 5.20. The molecule has 1 amide bonds. The zero-order chi connectivity index (χ0) is 14.1. The summed E-state index contributed by atoms with van der Waals surface area (Å²) in [4.78, 5) is 18.5. The van der Waals surface area contributed by atoms with Crippen LogP contribution in [0.1, 0.15) is 32.1 Å². The SMILES string of the molecule is O=C(NCc1cc2c(s1)CCC2)c1cnc(Cl)c(Cl)c1. The molecule has 0 atom stereocenters. The minimum absolute atomic E-state index is 0.190. The van der Waals surface area contributed by atoms with Crippen LogP contribution in [-0.4, -0.2) is 10.9 Å². The first-order valence-corrected chi connectivity index (χ1v) is 7.90. The van der Waals surface area contributed by atoms with Crippen LogP contribution in [0.5, 0.6) is 0 Å². The fourth-order valence-corrected chi connectivity index (χ4v) is 3.76. The number of thiophene rings is 1. The Morgan fingerprint density at radius 1 is 1.35 bits per heavy atom. The highest BCUT2D eigenvalue weighted by Crippen LogP contribution is 2.30. The Kier molecular flexibility index (Phi) is 3.96. The van der Waals surface area contributed by atoms with E-state index in [1.165, 1.54) is 40.4 Å². The fourth-order valence-electron chi connectivity index (χ4n) is 2.29. The van der Waals surface area contributed by atoms with E-state index in [1.807, 2.05) is 0 Å². The summed E-state index contributed by atoms with van der Waals surface area (Å²) in [6.07, 6.45) is 5.02. The molecule has 3 nitrogen and oxygen atoms in total. The third kappa shape index (κ3) is 2.82. The van der Waals surface area contributed by atoms with E-state index >= 15 is 0 Å². The standard InChI is InChI=1S/C14H12Cl2N2OS/c15-11-5-9(6-17-13(11)16)14(19)18-7-10-4-8-2-1-3-12(8)20-10/h4-6H,1-3,7H2,(H,18,19). The number of aromatic nitrogens is 1. The average molecular weight is 327 g/mol. The number of halogens is 2. The molecule has 104 valence electrons. The number of amides is 1. The minimum atomic E-state index is -0.190. The molecule has 6 heteroatoms. The van der Waals surface area contributed by atoms with E-state index in [2.05, 4.69) is 16.4 Å². The molecule has 0 spiro atoms. The van der Waals surface area contributed by atoms with Gasteiger partial charge in [-0.1, -0.05) is 23.2 Å². The maximum atomic E-state index is 12.0. The van der Waals surface area contributed by atoms with Gasteiger partial charge in [0.1, 0.15) is 5.15 Å². The zero-order valence-corrected chi connectivity index (χ0v) is 12.9. The number of nitrogens with one attached hydrogen (secondary N) is 1. The third-order valence-electron chi connectivity index (χ3n) is 3.28. The lowest BCUT2D eigenvalue weighted by molar-refractivity contribution is 0.0951. The summed E-state index contributed by atoms with van der Waals surface area (Å²) >= 11 is 13.4. The van der Waals surface area contributed by atoms with Crippen molar-refractivity contribution in [1.82, 2.24) is 10.3 Å². The van der Waals surface area contributed by atoms with Crippen molar-refractivity contribution in [3.05, 3.63) is 49.4 Å². The molecule has 2 aromatic heterocycles. The Morgan fingerprint density at radius 3 is 2.95 bits per heavy atom. The van der Waals surface area contributed by atoms with Crippen LogP contribution in [0, 0.1) is 0 Å². The number of fused-ring (bicyclic) bond motifs is 1. The highest BCUT2D eigenvalue weighted by Gasteiger charge is 2.15. The molecule has 1 N–H and O–H groups in total. The Morgan fingerprint density at radius 2 is 2.20 bits per heavy atom. The predicted octanol–water partition coefficient (Wildman–Crippen LogP) is 3.87. The number of hydrogen-bond donors (Lipinski definition) is 1. The maximum absolute atomic E-state index is 12.0. The van der Waals surface area contributed by atoms with Gasteiger partial charge in [0.2, 0.25) is 0 Å². The summed E-state index contributed by atoms with van der Waals surface area (Å²) in [7, 11) is 0. The molecule has 1 aliphatic carbocycles. The first-order valence-electron chi connectivity index (χ1n) is 6.33. The van der Waals surface area contributed by atoms with Crippen LogP contribution >= 0.6 is 34.5 Å². The molecule has 0 aromatic carbocycles. The van der Waals surface area contributed by atoms with Crippen molar-refractivity contribution < 1.29 is 4.79 Å². The van der Waals surface area contributed by atoms with Crippen molar-refractivity contribution in [3.63, 3.8) is 0 Å². The zero-order valence-electron chi connectivity index (χ0n) is 10.6. The maximum Gasteiger partial charge on any atom is 0.253 e. The summed E-state index contributed by atoms with van der Waals surface area (Å²) in [5.74, 6) is -0.190. The van der Waals surface area contributed by atoms with Gasteiger partial charge >= 0.3 is 0 Å². The monoisotopic (exact) mass is 326 g/mol. The molecule has 0 radical (unpaired) electrons. The van der Waals surface area contributed by atoms with Gasteiger partial charge in [-0.2, -0.15) is 0 Å². The van der Waals surface area contributed by atoms with E-state index in [0.29, 0.717) is 12.1 Å². The molecule has 0 fully saturated rings. The molecule has 1 aliphatic rings. The Hall–Kier alpha value is -1.10. The first-order chi connectivity index (χ1) is 9.63. The molecular formula is C14H12Cl2N2OS. The Labute approximate surface area is 130 Å².